The second-order valence-electron chi connectivity index (χ2n) is 2.72. The molecule has 0 aliphatic carbocycles. The third-order valence-corrected chi connectivity index (χ3v) is 2.50. The van der Waals surface area contributed by atoms with E-state index in [4.69, 9.17) is 9.15 Å². The van der Waals surface area contributed by atoms with Gasteiger partial charge in [0.1, 0.15) is 17.7 Å². The van der Waals surface area contributed by atoms with Crippen LogP contribution in [-0.2, 0) is 0 Å². The van der Waals surface area contributed by atoms with Crippen LogP contribution in [0, 0.1) is 0 Å². The van der Waals surface area contributed by atoms with Crippen LogP contribution in [-0.4, -0.2) is 12.1 Å². The molecule has 0 spiro atoms. The van der Waals surface area contributed by atoms with Gasteiger partial charge in [-0.2, -0.15) is 0 Å². The number of hydrogen-bond acceptors (Lipinski definition) is 3. The molecule has 0 bridgehead atoms. The van der Waals surface area contributed by atoms with Crippen LogP contribution in [0.5, 0.6) is 5.75 Å². The molecule has 0 atom stereocenters. The van der Waals surface area contributed by atoms with Gasteiger partial charge in [0.15, 0.2) is 6.39 Å². The van der Waals surface area contributed by atoms with E-state index in [1.54, 1.807) is 13.4 Å². The van der Waals surface area contributed by atoms with Gasteiger partial charge in [-0.3, -0.25) is 0 Å². The third kappa shape index (κ3) is 1.65. The van der Waals surface area contributed by atoms with Crippen molar-refractivity contribution in [3.8, 4) is 17.0 Å². The van der Waals surface area contributed by atoms with Gasteiger partial charge in [0.25, 0.3) is 0 Å². The van der Waals surface area contributed by atoms with Crippen molar-refractivity contribution in [2.75, 3.05) is 7.11 Å². The Kier molecular flexibility index (Phi) is 2.54. The summed E-state index contributed by atoms with van der Waals surface area (Å²) in [5.41, 5.74) is 1.81. The molecule has 14 heavy (non-hydrogen) atoms. The van der Waals surface area contributed by atoms with E-state index in [-0.39, 0.29) is 0 Å². The molecule has 0 unspecified atom stereocenters. The number of rotatable bonds is 2. The first-order valence-corrected chi connectivity index (χ1v) is 4.82. The second-order valence-corrected chi connectivity index (χ2v) is 3.58. The number of ether oxygens (including phenoxy) is 1. The zero-order valence-electron chi connectivity index (χ0n) is 7.53. The second kappa shape index (κ2) is 3.84. The van der Waals surface area contributed by atoms with E-state index in [0.717, 1.165) is 21.5 Å². The highest BCUT2D eigenvalue weighted by Gasteiger charge is 2.04. The Hall–Kier alpha value is -1.29. The zero-order valence-corrected chi connectivity index (χ0v) is 9.11. The Morgan fingerprint density at radius 2 is 2.29 bits per heavy atom. The summed E-state index contributed by atoms with van der Waals surface area (Å²) in [6, 6.07) is 5.76. The lowest BCUT2D eigenvalue weighted by Crippen LogP contribution is -1.85. The molecule has 0 aliphatic heterocycles. The van der Waals surface area contributed by atoms with E-state index in [1.165, 1.54) is 6.39 Å². The van der Waals surface area contributed by atoms with E-state index in [1.807, 2.05) is 18.2 Å². The largest absolute Gasteiger partial charge is 0.496 e. The van der Waals surface area contributed by atoms with Crippen molar-refractivity contribution in [2.45, 2.75) is 0 Å². The Labute approximate surface area is 89.8 Å². The molecular formula is C10H8BrNO2. The van der Waals surface area contributed by atoms with Gasteiger partial charge in [-0.15, -0.1) is 0 Å². The van der Waals surface area contributed by atoms with E-state index < -0.39 is 0 Å². The van der Waals surface area contributed by atoms with Gasteiger partial charge < -0.3 is 9.15 Å². The summed E-state index contributed by atoms with van der Waals surface area (Å²) >= 11 is 3.41. The highest BCUT2D eigenvalue weighted by atomic mass is 79.9. The van der Waals surface area contributed by atoms with Crippen LogP contribution in [0.15, 0.2) is 39.7 Å². The summed E-state index contributed by atoms with van der Waals surface area (Å²) in [4.78, 5) is 4.05. The van der Waals surface area contributed by atoms with Gasteiger partial charge in [0, 0.05) is 5.56 Å². The molecular weight excluding hydrogens is 246 g/mol. The van der Waals surface area contributed by atoms with Crippen LogP contribution in [0.1, 0.15) is 0 Å². The maximum Gasteiger partial charge on any atom is 0.181 e. The molecule has 0 fully saturated rings. The predicted octanol–water partition coefficient (Wildman–Crippen LogP) is 3.11. The minimum Gasteiger partial charge on any atom is -0.496 e. The van der Waals surface area contributed by atoms with Gasteiger partial charge >= 0.3 is 0 Å². The van der Waals surface area contributed by atoms with Crippen molar-refractivity contribution in [1.82, 2.24) is 4.98 Å². The molecule has 0 aliphatic rings. The number of methoxy groups -OCH3 is 1. The number of halogens is 1. The maximum atomic E-state index is 5.13. The SMILES string of the molecule is COc1ccc(-c2cocn2)cc1Br. The van der Waals surface area contributed by atoms with Crippen molar-refractivity contribution >= 4 is 15.9 Å². The summed E-state index contributed by atoms with van der Waals surface area (Å²) in [5, 5.41) is 0. The predicted molar refractivity (Wildman–Crippen MR) is 56.2 cm³/mol. The molecule has 72 valence electrons. The molecule has 3 nitrogen and oxygen atoms in total. The molecule has 2 rings (SSSR count). The average Bonchev–Trinajstić information content (AvgIpc) is 2.70. The van der Waals surface area contributed by atoms with Crippen molar-refractivity contribution in [1.29, 1.82) is 0 Å². The fourth-order valence-electron chi connectivity index (χ4n) is 1.18. The average molecular weight is 254 g/mol. The number of hydrogen-bond donors (Lipinski definition) is 0. The fraction of sp³-hybridized carbons (Fsp3) is 0.100. The molecule has 2 aromatic rings. The molecule has 0 saturated carbocycles. The van der Waals surface area contributed by atoms with Gasteiger partial charge in [0.2, 0.25) is 0 Å². The third-order valence-electron chi connectivity index (χ3n) is 1.88. The molecule has 1 aromatic carbocycles. The normalized spacial score (nSPS) is 10.1. The Bertz CT molecular complexity index is 426. The van der Waals surface area contributed by atoms with E-state index in [0.29, 0.717) is 0 Å². The molecule has 1 aromatic heterocycles. The first-order valence-electron chi connectivity index (χ1n) is 4.03. The van der Waals surface area contributed by atoms with Crippen molar-refractivity contribution in [3.05, 3.63) is 35.3 Å². The summed E-state index contributed by atoms with van der Waals surface area (Å²) in [7, 11) is 1.63. The molecule has 1 heterocycles. The summed E-state index contributed by atoms with van der Waals surface area (Å²) < 4.78 is 10.9. The number of nitrogens with zero attached hydrogens (tertiary/aromatic N) is 1. The summed E-state index contributed by atoms with van der Waals surface area (Å²) in [5.74, 6) is 0.803. The van der Waals surface area contributed by atoms with Crippen molar-refractivity contribution < 1.29 is 9.15 Å². The van der Waals surface area contributed by atoms with Gasteiger partial charge in [-0.1, -0.05) is 0 Å². The Balaban J connectivity index is 2.43. The maximum absolute atomic E-state index is 5.13. The van der Waals surface area contributed by atoms with Crippen LogP contribution in [0.2, 0.25) is 0 Å². The topological polar surface area (TPSA) is 35.3 Å². The monoisotopic (exact) mass is 253 g/mol. The quantitative estimate of drug-likeness (QED) is 0.825. The molecule has 0 radical (unpaired) electrons. The number of oxazole rings is 1. The lowest BCUT2D eigenvalue weighted by atomic mass is 10.2. The van der Waals surface area contributed by atoms with Crippen LogP contribution in [0.3, 0.4) is 0 Å². The van der Waals surface area contributed by atoms with E-state index in [2.05, 4.69) is 20.9 Å². The van der Waals surface area contributed by atoms with Gasteiger partial charge in [-0.05, 0) is 34.1 Å². The smallest absolute Gasteiger partial charge is 0.181 e. The zero-order chi connectivity index (χ0) is 9.97. The molecule has 0 N–H and O–H groups in total. The van der Waals surface area contributed by atoms with Gasteiger partial charge in [0.05, 0.1) is 11.6 Å². The first kappa shape index (κ1) is 9.27. The number of aromatic nitrogens is 1. The van der Waals surface area contributed by atoms with Crippen LogP contribution >= 0.6 is 15.9 Å². The highest BCUT2D eigenvalue weighted by molar-refractivity contribution is 9.10. The summed E-state index contributed by atoms with van der Waals surface area (Å²) in [6.45, 7) is 0. The van der Waals surface area contributed by atoms with Crippen LogP contribution in [0.25, 0.3) is 11.3 Å². The minimum absolute atomic E-state index is 0.803. The molecule has 0 amide bonds. The number of benzene rings is 1. The van der Waals surface area contributed by atoms with Gasteiger partial charge in [-0.25, -0.2) is 4.98 Å². The lowest BCUT2D eigenvalue weighted by molar-refractivity contribution is 0.412. The minimum atomic E-state index is 0.803. The Morgan fingerprint density at radius 1 is 1.43 bits per heavy atom. The van der Waals surface area contributed by atoms with E-state index >= 15 is 0 Å². The Morgan fingerprint density at radius 3 is 2.86 bits per heavy atom. The molecule has 4 heteroatoms. The van der Waals surface area contributed by atoms with Crippen molar-refractivity contribution in [3.63, 3.8) is 0 Å². The van der Waals surface area contributed by atoms with E-state index in [9.17, 15) is 0 Å². The van der Waals surface area contributed by atoms with Crippen molar-refractivity contribution in [2.24, 2.45) is 0 Å². The molecule has 0 saturated heterocycles. The van der Waals surface area contributed by atoms with Crippen LogP contribution < -0.4 is 4.74 Å². The summed E-state index contributed by atoms with van der Waals surface area (Å²) in [6.07, 6.45) is 3.02. The fourth-order valence-corrected chi connectivity index (χ4v) is 1.72. The van der Waals surface area contributed by atoms with Crippen LogP contribution in [0.4, 0.5) is 0 Å². The lowest BCUT2D eigenvalue weighted by Gasteiger charge is -2.03. The first-order chi connectivity index (χ1) is 6.81. The highest BCUT2D eigenvalue weighted by Crippen LogP contribution is 2.29. The standard InChI is InChI=1S/C10H8BrNO2/c1-13-10-3-2-7(4-8(10)11)9-5-14-6-12-9/h2-6H,1H3.